The highest BCUT2D eigenvalue weighted by molar-refractivity contribution is 8.27. The van der Waals surface area contributed by atoms with E-state index in [9.17, 15) is 9.90 Å². The molecule has 0 atom stereocenters. The molecule has 0 spiro atoms. The molecule has 104 valence electrons. The fourth-order valence-corrected chi connectivity index (χ4v) is 3.20. The van der Waals surface area contributed by atoms with Crippen molar-refractivity contribution in [2.24, 2.45) is 0 Å². The number of carbonyl (C=O) groups excluding carboxylic acids is 1. The van der Waals surface area contributed by atoms with Gasteiger partial charge in [0.2, 0.25) is 0 Å². The van der Waals surface area contributed by atoms with E-state index in [-0.39, 0.29) is 11.7 Å². The third-order valence-corrected chi connectivity index (χ3v) is 4.21. The fraction of sp³-hybridized carbons (Fsp3) is 0. The van der Waals surface area contributed by atoms with Crippen LogP contribution in [0.2, 0.25) is 0 Å². The van der Waals surface area contributed by atoms with Gasteiger partial charge < -0.3 is 5.11 Å². The molecule has 0 saturated carbocycles. The van der Waals surface area contributed by atoms with Crippen LogP contribution in [0.4, 0.5) is 5.69 Å². The zero-order valence-electron chi connectivity index (χ0n) is 10.8. The maximum atomic E-state index is 12.5. The summed E-state index contributed by atoms with van der Waals surface area (Å²) in [7, 11) is 0. The van der Waals surface area contributed by atoms with Crippen LogP contribution < -0.4 is 4.90 Å². The summed E-state index contributed by atoms with van der Waals surface area (Å²) in [6.45, 7) is 0. The number of hydrogen-bond acceptors (Lipinski definition) is 5. The first-order chi connectivity index (χ1) is 10.1. The molecule has 6 heteroatoms. The molecular weight excluding hydrogens is 304 g/mol. The van der Waals surface area contributed by atoms with Crippen molar-refractivity contribution in [1.82, 2.24) is 4.98 Å². The van der Waals surface area contributed by atoms with E-state index in [0.717, 1.165) is 5.56 Å². The normalized spacial score (nSPS) is 16.8. The SMILES string of the molecule is O=C1C(=Cc2ccncc2)SC(=S)N1c1ccc(O)cc1. The second-order valence-corrected chi connectivity index (χ2v) is 5.99. The molecule has 0 unspecified atom stereocenters. The minimum Gasteiger partial charge on any atom is -0.508 e. The lowest BCUT2D eigenvalue weighted by Crippen LogP contribution is -2.27. The molecule has 21 heavy (non-hydrogen) atoms. The molecule has 1 amide bonds. The van der Waals surface area contributed by atoms with Crippen molar-refractivity contribution in [3.8, 4) is 5.75 Å². The van der Waals surface area contributed by atoms with Crippen molar-refractivity contribution in [2.45, 2.75) is 0 Å². The molecule has 0 aliphatic carbocycles. The van der Waals surface area contributed by atoms with Gasteiger partial charge in [-0.05, 0) is 48.0 Å². The first-order valence-corrected chi connectivity index (χ1v) is 7.34. The van der Waals surface area contributed by atoms with Crippen LogP contribution >= 0.6 is 24.0 Å². The molecule has 2 heterocycles. The molecule has 1 aromatic heterocycles. The van der Waals surface area contributed by atoms with Gasteiger partial charge in [-0.15, -0.1) is 0 Å². The van der Waals surface area contributed by atoms with Crippen LogP contribution in [0.5, 0.6) is 5.75 Å². The van der Waals surface area contributed by atoms with Crippen molar-refractivity contribution in [3.63, 3.8) is 0 Å². The molecule has 1 aromatic carbocycles. The predicted molar refractivity (Wildman–Crippen MR) is 88.0 cm³/mol. The fourth-order valence-electron chi connectivity index (χ4n) is 1.90. The average molecular weight is 314 g/mol. The topological polar surface area (TPSA) is 53.4 Å². The van der Waals surface area contributed by atoms with Crippen LogP contribution in [0.25, 0.3) is 6.08 Å². The van der Waals surface area contributed by atoms with E-state index in [2.05, 4.69) is 4.98 Å². The van der Waals surface area contributed by atoms with Crippen LogP contribution in [0.15, 0.2) is 53.7 Å². The molecule has 1 fully saturated rings. The Kier molecular flexibility index (Phi) is 3.72. The number of nitrogens with zero attached hydrogens (tertiary/aromatic N) is 2. The molecule has 1 aliphatic heterocycles. The van der Waals surface area contributed by atoms with Gasteiger partial charge in [0.05, 0.1) is 10.6 Å². The van der Waals surface area contributed by atoms with Gasteiger partial charge in [-0.2, -0.15) is 0 Å². The van der Waals surface area contributed by atoms with Crippen LogP contribution in [0.1, 0.15) is 5.56 Å². The molecule has 1 N–H and O–H groups in total. The maximum Gasteiger partial charge on any atom is 0.270 e. The zero-order valence-corrected chi connectivity index (χ0v) is 12.4. The number of aromatic hydroxyl groups is 1. The van der Waals surface area contributed by atoms with E-state index in [1.165, 1.54) is 28.8 Å². The number of rotatable bonds is 2. The van der Waals surface area contributed by atoms with Gasteiger partial charge in [-0.25, -0.2) is 0 Å². The minimum absolute atomic E-state index is 0.150. The highest BCUT2D eigenvalue weighted by atomic mass is 32.2. The number of anilines is 1. The first-order valence-electron chi connectivity index (χ1n) is 6.12. The van der Waals surface area contributed by atoms with E-state index in [4.69, 9.17) is 12.2 Å². The first kappa shape index (κ1) is 13.8. The van der Waals surface area contributed by atoms with E-state index in [0.29, 0.717) is 14.9 Å². The molecule has 0 bridgehead atoms. The molecule has 0 radical (unpaired) electrons. The summed E-state index contributed by atoms with van der Waals surface area (Å²) in [5.41, 5.74) is 1.55. The third-order valence-electron chi connectivity index (χ3n) is 2.91. The number of phenols is 1. The Bertz CT molecular complexity index is 727. The maximum absolute atomic E-state index is 12.5. The van der Waals surface area contributed by atoms with E-state index < -0.39 is 0 Å². The standard InChI is InChI=1S/C15H10N2O2S2/c18-12-3-1-11(2-4-12)17-14(19)13(21-15(17)20)9-10-5-7-16-8-6-10/h1-9,18H. The lowest BCUT2D eigenvalue weighted by molar-refractivity contribution is -0.113. The smallest absolute Gasteiger partial charge is 0.270 e. The summed E-state index contributed by atoms with van der Waals surface area (Å²) in [5.74, 6) is -0.0102. The third kappa shape index (κ3) is 2.81. The van der Waals surface area contributed by atoms with Crippen molar-refractivity contribution in [2.75, 3.05) is 4.90 Å². The number of phenolic OH excluding ortho intramolecular Hbond substituents is 1. The summed E-state index contributed by atoms with van der Waals surface area (Å²) < 4.78 is 0.478. The van der Waals surface area contributed by atoms with E-state index >= 15 is 0 Å². The van der Waals surface area contributed by atoms with Crippen LogP contribution in [-0.4, -0.2) is 20.3 Å². The van der Waals surface area contributed by atoms with Crippen LogP contribution in [-0.2, 0) is 4.79 Å². The van der Waals surface area contributed by atoms with Gasteiger partial charge in [0.1, 0.15) is 5.75 Å². The Morgan fingerprint density at radius 1 is 1.14 bits per heavy atom. The summed E-state index contributed by atoms with van der Waals surface area (Å²) in [6.07, 6.45) is 5.14. The minimum atomic E-state index is -0.160. The van der Waals surface area contributed by atoms with Gasteiger partial charge in [0.15, 0.2) is 4.32 Å². The van der Waals surface area contributed by atoms with Crippen molar-refractivity contribution >= 4 is 46.0 Å². The number of amides is 1. The molecule has 1 aliphatic rings. The van der Waals surface area contributed by atoms with Crippen molar-refractivity contribution < 1.29 is 9.90 Å². The Morgan fingerprint density at radius 3 is 2.48 bits per heavy atom. The Balaban J connectivity index is 1.92. The Hall–Kier alpha value is -2.18. The van der Waals surface area contributed by atoms with Crippen LogP contribution in [0.3, 0.4) is 0 Å². The quantitative estimate of drug-likeness (QED) is 0.681. The van der Waals surface area contributed by atoms with Crippen molar-refractivity contribution in [3.05, 3.63) is 59.3 Å². The summed E-state index contributed by atoms with van der Waals surface area (Å²) >= 11 is 6.54. The second kappa shape index (κ2) is 5.67. The summed E-state index contributed by atoms with van der Waals surface area (Å²) in [4.78, 5) is 18.5. The Labute approximate surface area is 131 Å². The van der Waals surface area contributed by atoms with Gasteiger partial charge in [-0.1, -0.05) is 24.0 Å². The second-order valence-electron chi connectivity index (χ2n) is 4.31. The number of thioether (sulfide) groups is 1. The highest BCUT2D eigenvalue weighted by Gasteiger charge is 2.33. The molecule has 3 rings (SSSR count). The Morgan fingerprint density at radius 2 is 1.81 bits per heavy atom. The predicted octanol–water partition coefficient (Wildman–Crippen LogP) is 3.19. The average Bonchev–Trinajstić information content (AvgIpc) is 2.76. The summed E-state index contributed by atoms with van der Waals surface area (Å²) in [5, 5.41) is 9.32. The van der Waals surface area contributed by atoms with Crippen LogP contribution in [0, 0.1) is 0 Å². The number of pyridine rings is 1. The number of hydrogen-bond donors (Lipinski definition) is 1. The lowest BCUT2D eigenvalue weighted by Gasteiger charge is -2.14. The number of aromatic nitrogens is 1. The summed E-state index contributed by atoms with van der Waals surface area (Å²) in [6, 6.07) is 10.0. The number of benzene rings is 1. The monoisotopic (exact) mass is 314 g/mol. The van der Waals surface area contributed by atoms with Crippen molar-refractivity contribution in [1.29, 1.82) is 0 Å². The lowest BCUT2D eigenvalue weighted by atomic mass is 10.2. The van der Waals surface area contributed by atoms with Gasteiger partial charge in [0, 0.05) is 12.4 Å². The number of carbonyl (C=O) groups is 1. The molecule has 1 saturated heterocycles. The number of thiocarbonyl (C=S) groups is 1. The van der Waals surface area contributed by atoms with E-state index in [1.807, 2.05) is 12.1 Å². The molecule has 2 aromatic rings. The van der Waals surface area contributed by atoms with E-state index in [1.54, 1.807) is 30.6 Å². The molecular formula is C15H10N2O2S2. The van der Waals surface area contributed by atoms with Gasteiger partial charge in [0.25, 0.3) is 5.91 Å². The largest absolute Gasteiger partial charge is 0.508 e. The highest BCUT2D eigenvalue weighted by Crippen LogP contribution is 2.36. The van der Waals surface area contributed by atoms with Gasteiger partial charge in [-0.3, -0.25) is 14.7 Å². The molecule has 4 nitrogen and oxygen atoms in total. The zero-order chi connectivity index (χ0) is 14.8. The van der Waals surface area contributed by atoms with Gasteiger partial charge >= 0.3 is 0 Å².